The fraction of sp³-hybridized carbons (Fsp3) is 0.0833. The Labute approximate surface area is 247 Å². The summed E-state index contributed by atoms with van der Waals surface area (Å²) in [4.78, 5) is 3.13. The van der Waals surface area contributed by atoms with Crippen molar-refractivity contribution in [3.63, 3.8) is 0 Å². The monoisotopic (exact) mass is 564 g/mol. The zero-order chi connectivity index (χ0) is 30.5. The Morgan fingerprint density at radius 3 is 1.59 bits per heavy atom. The molecule has 0 heterocycles. The quantitative estimate of drug-likeness (QED) is 0.261. The highest BCUT2D eigenvalue weighted by Crippen LogP contribution is 2.25. The Morgan fingerprint density at radius 2 is 1.26 bits per heavy atom. The molecule has 0 aliphatic heterocycles. The van der Waals surface area contributed by atoms with Crippen LogP contribution in [0.2, 0.25) is 0 Å². The van der Waals surface area contributed by atoms with Crippen molar-refractivity contribution in [3.05, 3.63) is 116 Å². The maximum atomic E-state index is 12.7. The molecule has 0 aromatic heterocycles. The number of benzene rings is 2. The van der Waals surface area contributed by atoms with E-state index in [4.69, 9.17) is 56.7 Å². The third-order valence-electron chi connectivity index (χ3n) is 4.24. The summed E-state index contributed by atoms with van der Waals surface area (Å²) in [6, 6.07) is 5.57. The smallest absolute Gasteiger partial charge is 0.209 e. The van der Waals surface area contributed by atoms with Gasteiger partial charge in [-0.15, -0.1) is 0 Å². The van der Waals surface area contributed by atoms with Gasteiger partial charge in [-0.1, -0.05) is 11.5 Å². The van der Waals surface area contributed by atoms with Gasteiger partial charge in [0.25, 0.3) is 0 Å². The first-order valence-electron chi connectivity index (χ1n) is 10.8. The van der Waals surface area contributed by atoms with E-state index < -0.39 is 12.8 Å². The van der Waals surface area contributed by atoms with Crippen LogP contribution in [0.15, 0.2) is 82.0 Å². The van der Waals surface area contributed by atoms with Crippen molar-refractivity contribution in [2.24, 2.45) is 0 Å². The second-order valence-corrected chi connectivity index (χ2v) is 8.15. The van der Waals surface area contributed by atoms with Gasteiger partial charge in [0.05, 0.1) is 6.57 Å². The molecule has 0 aliphatic carbocycles. The van der Waals surface area contributed by atoms with Crippen LogP contribution < -0.4 is 11.5 Å². The predicted molar refractivity (Wildman–Crippen MR) is 173 cm³/mol. The molecule has 177 valence electrons. The van der Waals surface area contributed by atoms with Crippen LogP contribution in [0.3, 0.4) is 0 Å². The zero-order valence-electron chi connectivity index (χ0n) is 21.7. The van der Waals surface area contributed by atoms with Crippen LogP contribution in [0, 0.1) is 32.1 Å². The molecule has 0 atom stereocenters. The summed E-state index contributed by atoms with van der Waals surface area (Å²) in [5, 5.41) is 0. The minimum atomic E-state index is -0.574. The largest absolute Gasteiger partial charge is 0.407 e. The number of rotatable bonds is 3. The number of anilines is 2. The topological polar surface area (TPSA) is 56.4 Å². The summed E-state index contributed by atoms with van der Waals surface area (Å²) in [6.45, 7) is 16.5. The summed E-state index contributed by atoms with van der Waals surface area (Å²) < 4.78 is 26.1. The number of nitrogen functional groups attached to an aromatic ring is 2. The zero-order valence-corrected chi connectivity index (χ0v) is 23.2. The van der Waals surface area contributed by atoms with Gasteiger partial charge in [-0.2, -0.15) is 0 Å². The molecule has 4 N–H and O–H groups in total. The van der Waals surface area contributed by atoms with Gasteiger partial charge in [0, 0.05) is 80.7 Å². The number of nitrogens with two attached hydrogens (primary N) is 2. The van der Waals surface area contributed by atoms with E-state index in [9.17, 15) is 8.78 Å². The van der Waals surface area contributed by atoms with Crippen LogP contribution in [-0.2, 0) is 0 Å². The van der Waals surface area contributed by atoms with Gasteiger partial charge in [0.1, 0.15) is 11.6 Å². The van der Waals surface area contributed by atoms with Gasteiger partial charge < -0.3 is 11.5 Å². The normalized spacial score (nSPS) is 7.79. The summed E-state index contributed by atoms with van der Waals surface area (Å²) in [5.74, 6) is -0.629. The van der Waals surface area contributed by atoms with E-state index in [2.05, 4.69) is 74.1 Å². The molecule has 0 bridgehead atoms. The molecular formula is C24H18B9BrF2N3. The van der Waals surface area contributed by atoms with E-state index >= 15 is 0 Å². The Bertz CT molecular complexity index is 1310. The van der Waals surface area contributed by atoms with Crippen molar-refractivity contribution in [1.82, 2.24) is 0 Å². The van der Waals surface area contributed by atoms with E-state index in [-0.39, 0.29) is 23.7 Å². The molecule has 3 nitrogen and oxygen atoms in total. The minimum absolute atomic E-state index is 0.197. The number of halogens is 3. The molecular weight excluding hydrogens is 545 g/mol. The first-order valence-corrected chi connectivity index (χ1v) is 11.6. The standard InChI is InChI=1S/C9H4.C8H7FN2.C7H7BrFN.B9/c1-3-5-7-9-8-6-4-2;1-5-3-8(11-2)7(10)4-6(5)9;1-4-2-5(8)7(10)3-6(4)9;1-6-9(7(2)3)8(4)5/h1-2H2;3-4H,10H2,1H3;2-3H,10H2,1H3;. The molecule has 0 amide bonds. The fourth-order valence-corrected chi connectivity index (χ4v) is 2.59. The van der Waals surface area contributed by atoms with Crippen molar-refractivity contribution in [1.29, 1.82) is 0 Å². The number of hydrogen-bond acceptors (Lipinski definition) is 2. The van der Waals surface area contributed by atoms with Crippen molar-refractivity contribution >= 4 is 97.9 Å². The van der Waals surface area contributed by atoms with Crippen LogP contribution in [0.1, 0.15) is 11.1 Å². The van der Waals surface area contributed by atoms with E-state index in [1.807, 2.05) is 0 Å². The maximum Gasteiger partial charge on any atom is 0.209 e. The Hall–Kier alpha value is -3.35. The van der Waals surface area contributed by atoms with Crippen molar-refractivity contribution < 1.29 is 8.78 Å². The van der Waals surface area contributed by atoms with Crippen molar-refractivity contribution in [2.75, 3.05) is 11.5 Å². The summed E-state index contributed by atoms with van der Waals surface area (Å²) in [6.07, 6.45) is -1.46. The highest BCUT2D eigenvalue weighted by molar-refractivity contribution is 9.10. The lowest BCUT2D eigenvalue weighted by molar-refractivity contribution is 0.619. The summed E-state index contributed by atoms with van der Waals surface area (Å²) in [5.41, 5.74) is 29.7. The molecule has 2 aromatic rings. The van der Waals surface area contributed by atoms with E-state index in [0.29, 0.717) is 22.5 Å². The van der Waals surface area contributed by atoms with Gasteiger partial charge >= 0.3 is 0 Å². The van der Waals surface area contributed by atoms with Gasteiger partial charge in [-0.05, 0) is 107 Å². The molecule has 2 aromatic carbocycles. The lowest BCUT2D eigenvalue weighted by Crippen LogP contribution is -2.55. The van der Waals surface area contributed by atoms with Crippen molar-refractivity contribution in [2.45, 2.75) is 13.8 Å². The van der Waals surface area contributed by atoms with Crippen LogP contribution in [0.4, 0.5) is 25.8 Å². The molecule has 0 aliphatic rings. The average molecular weight is 564 g/mol. The lowest BCUT2D eigenvalue weighted by atomic mass is 8.64. The molecule has 2 rings (SSSR count). The first kappa shape index (κ1) is 37.8. The second-order valence-electron chi connectivity index (χ2n) is 7.30. The molecule has 0 saturated carbocycles. The molecule has 0 spiro atoms. The third-order valence-corrected chi connectivity index (χ3v) is 4.93. The number of nitrogens with zero attached hydrogens (tertiary/aromatic N) is 1. The highest BCUT2D eigenvalue weighted by atomic mass is 79.9. The lowest BCUT2D eigenvalue weighted by Gasteiger charge is -2.17. The molecule has 0 unspecified atom stereocenters. The van der Waals surface area contributed by atoms with Gasteiger partial charge in [-0.3, -0.25) is 0 Å². The van der Waals surface area contributed by atoms with E-state index in [1.165, 1.54) is 25.3 Å². The highest BCUT2D eigenvalue weighted by Gasteiger charge is 2.18. The molecule has 15 heteroatoms. The van der Waals surface area contributed by atoms with Gasteiger partial charge in [0.2, 0.25) is 5.69 Å². The Kier molecular flexibility index (Phi) is 20.9. The van der Waals surface area contributed by atoms with Crippen LogP contribution in [0.25, 0.3) is 4.85 Å². The second kappa shape index (κ2) is 21.6. The molecule has 0 fully saturated rings. The number of hydrogen-bond donors (Lipinski definition) is 2. The van der Waals surface area contributed by atoms with Crippen LogP contribution in [0.5, 0.6) is 0 Å². The Balaban J connectivity index is 0. The van der Waals surface area contributed by atoms with Crippen LogP contribution >= 0.6 is 15.9 Å². The fourth-order valence-electron chi connectivity index (χ4n) is 2.14. The van der Waals surface area contributed by atoms with Crippen LogP contribution in [-0.4, -0.2) is 64.9 Å². The molecule has 0 saturated heterocycles. The van der Waals surface area contributed by atoms with E-state index in [0.717, 1.165) is 4.47 Å². The summed E-state index contributed by atoms with van der Waals surface area (Å²) >= 11 is 3.19. The molecule has 11 radical (unpaired) electrons. The van der Waals surface area contributed by atoms with Crippen molar-refractivity contribution in [3.8, 4) is 0 Å². The van der Waals surface area contributed by atoms with E-state index in [1.54, 1.807) is 19.9 Å². The number of aryl methyl sites for hydroxylation is 2. The maximum absolute atomic E-state index is 12.7. The SMILES string of the molecule is C=C=C=C=C=C=C=C=C.Cc1cc(Br)c(N)cc1F.[B][B]B(B([B])[B])B([B])[B].[C-]#[N+]c1cc(C)c(F)cc1N. The third kappa shape index (κ3) is 17.0. The first-order chi connectivity index (χ1) is 18.3. The molecule has 39 heavy (non-hydrogen) atoms. The Morgan fingerprint density at radius 1 is 0.846 bits per heavy atom. The average Bonchev–Trinajstić information content (AvgIpc) is 2.86. The predicted octanol–water partition coefficient (Wildman–Crippen LogP) is 3.21. The minimum Gasteiger partial charge on any atom is -0.407 e. The summed E-state index contributed by atoms with van der Waals surface area (Å²) in [7, 11) is 27.5. The van der Waals surface area contributed by atoms with Gasteiger partial charge in [0.15, 0.2) is 0 Å². The van der Waals surface area contributed by atoms with Gasteiger partial charge in [-0.25, -0.2) is 13.6 Å².